The van der Waals surface area contributed by atoms with Crippen LogP contribution >= 0.6 is 11.3 Å². The average molecular weight is 649 g/mol. The van der Waals surface area contributed by atoms with Crippen LogP contribution in [0.5, 0.6) is 0 Å². The van der Waals surface area contributed by atoms with Crippen LogP contribution in [0, 0.1) is 5.92 Å². The largest absolute Gasteiger partial charge is 0.226 e. The molecule has 49 heavy (non-hydrogen) atoms. The van der Waals surface area contributed by atoms with Crippen LogP contribution in [-0.4, -0.2) is 9.97 Å². The van der Waals surface area contributed by atoms with Gasteiger partial charge in [-0.05, 0) is 70.2 Å². The van der Waals surface area contributed by atoms with Gasteiger partial charge in [0.25, 0.3) is 0 Å². The summed E-state index contributed by atoms with van der Waals surface area (Å²) in [7, 11) is 0. The molecule has 2 nitrogen and oxygen atoms in total. The van der Waals surface area contributed by atoms with Crippen molar-refractivity contribution in [2.45, 2.75) is 43.9 Å². The van der Waals surface area contributed by atoms with Gasteiger partial charge in [0.05, 0.1) is 15.9 Å². The molecule has 2 aromatic heterocycles. The SMILES string of the molecule is C1=CCC2C(=C1)c1c(-c3ccc(-c4ccc(-c5nc(-c6ccccc6)c6sc7ccccc7c6n5)cc4)cc3)cccc1C21CCCCC1. The second-order valence-electron chi connectivity index (χ2n) is 14.0. The summed E-state index contributed by atoms with van der Waals surface area (Å²) in [6.07, 6.45) is 15.0. The normalized spacial score (nSPS) is 17.7. The van der Waals surface area contributed by atoms with Gasteiger partial charge in [-0.15, -0.1) is 11.3 Å². The van der Waals surface area contributed by atoms with Gasteiger partial charge in [0.1, 0.15) is 0 Å². The van der Waals surface area contributed by atoms with Crippen LogP contribution in [0.15, 0.2) is 140 Å². The van der Waals surface area contributed by atoms with Crippen LogP contribution in [0.3, 0.4) is 0 Å². The van der Waals surface area contributed by atoms with Crippen LogP contribution in [0.1, 0.15) is 49.7 Å². The van der Waals surface area contributed by atoms with Crippen molar-refractivity contribution >= 4 is 37.2 Å². The van der Waals surface area contributed by atoms with E-state index in [2.05, 4.69) is 140 Å². The highest BCUT2D eigenvalue weighted by Gasteiger charge is 2.50. The van der Waals surface area contributed by atoms with E-state index in [0.29, 0.717) is 11.3 Å². The van der Waals surface area contributed by atoms with Gasteiger partial charge in [-0.25, -0.2) is 9.97 Å². The van der Waals surface area contributed by atoms with Crippen molar-refractivity contribution in [1.29, 1.82) is 0 Å². The predicted octanol–water partition coefficient (Wildman–Crippen LogP) is 12.7. The summed E-state index contributed by atoms with van der Waals surface area (Å²) in [5.41, 5.74) is 14.3. The first-order valence-corrected chi connectivity index (χ1v) is 18.6. The number of hydrogen-bond donors (Lipinski definition) is 0. The van der Waals surface area contributed by atoms with E-state index in [1.807, 2.05) is 0 Å². The van der Waals surface area contributed by atoms with E-state index in [-0.39, 0.29) is 0 Å². The molecule has 0 N–H and O–H groups in total. The maximum absolute atomic E-state index is 5.16. The summed E-state index contributed by atoms with van der Waals surface area (Å²) < 4.78 is 2.37. The highest BCUT2D eigenvalue weighted by molar-refractivity contribution is 7.26. The summed E-state index contributed by atoms with van der Waals surface area (Å²) in [5, 5.41) is 1.18. The Morgan fingerprint density at radius 1 is 0.612 bits per heavy atom. The molecule has 0 amide bonds. The smallest absolute Gasteiger partial charge is 0.160 e. The number of allylic oxidation sites excluding steroid dienone is 4. The number of fused-ring (bicyclic) bond motifs is 8. The van der Waals surface area contributed by atoms with E-state index in [1.54, 1.807) is 22.5 Å². The first kappa shape index (κ1) is 28.9. The lowest BCUT2D eigenvalue weighted by Gasteiger charge is -2.40. The van der Waals surface area contributed by atoms with Crippen molar-refractivity contribution in [1.82, 2.24) is 9.97 Å². The number of rotatable bonds is 4. The van der Waals surface area contributed by atoms with E-state index in [9.17, 15) is 0 Å². The predicted molar refractivity (Wildman–Crippen MR) is 207 cm³/mol. The fraction of sp³-hybridized carbons (Fsp3) is 0.174. The van der Waals surface area contributed by atoms with E-state index < -0.39 is 0 Å². The Kier molecular flexibility index (Phi) is 6.77. The van der Waals surface area contributed by atoms with Crippen molar-refractivity contribution in [3.05, 3.63) is 151 Å². The maximum atomic E-state index is 5.16. The zero-order valence-corrected chi connectivity index (χ0v) is 28.2. The lowest BCUT2D eigenvalue weighted by Crippen LogP contribution is -2.34. The molecule has 2 heterocycles. The Hall–Kier alpha value is -5.12. The molecule has 236 valence electrons. The molecule has 1 fully saturated rings. The van der Waals surface area contributed by atoms with Crippen LogP contribution in [-0.2, 0) is 5.41 Å². The van der Waals surface area contributed by atoms with E-state index in [0.717, 1.165) is 32.9 Å². The van der Waals surface area contributed by atoms with Crippen LogP contribution in [0.2, 0.25) is 0 Å². The molecule has 0 bridgehead atoms. The molecule has 0 aliphatic heterocycles. The van der Waals surface area contributed by atoms with Gasteiger partial charge < -0.3 is 0 Å². The summed E-state index contributed by atoms with van der Waals surface area (Å²) in [5.74, 6) is 1.38. The molecule has 0 radical (unpaired) electrons. The Bertz CT molecular complexity index is 2420. The van der Waals surface area contributed by atoms with Gasteiger partial charge in [-0.1, -0.05) is 153 Å². The number of hydrogen-bond acceptors (Lipinski definition) is 3. The quantitative estimate of drug-likeness (QED) is 0.190. The minimum Gasteiger partial charge on any atom is -0.226 e. The van der Waals surface area contributed by atoms with E-state index >= 15 is 0 Å². The van der Waals surface area contributed by atoms with Gasteiger partial charge >= 0.3 is 0 Å². The summed E-state index contributed by atoms with van der Waals surface area (Å²) in [4.78, 5) is 10.3. The minimum absolute atomic E-state index is 0.314. The molecular weight excluding hydrogens is 613 g/mol. The number of nitrogens with zero attached hydrogens (tertiary/aromatic N) is 2. The molecule has 5 aromatic carbocycles. The molecule has 3 aliphatic rings. The Morgan fingerprint density at radius 2 is 1.33 bits per heavy atom. The third-order valence-electron chi connectivity index (χ3n) is 11.4. The monoisotopic (exact) mass is 648 g/mol. The third kappa shape index (κ3) is 4.60. The van der Waals surface area contributed by atoms with Gasteiger partial charge in [0.15, 0.2) is 5.82 Å². The van der Waals surface area contributed by atoms with Gasteiger partial charge in [0.2, 0.25) is 0 Å². The highest BCUT2D eigenvalue weighted by Crippen LogP contribution is 2.60. The van der Waals surface area contributed by atoms with Crippen LogP contribution < -0.4 is 0 Å². The average Bonchev–Trinajstić information content (AvgIpc) is 3.69. The second-order valence-corrected chi connectivity index (χ2v) is 15.0. The highest BCUT2D eigenvalue weighted by atomic mass is 32.1. The third-order valence-corrected chi connectivity index (χ3v) is 12.6. The molecule has 3 heteroatoms. The molecule has 1 unspecified atom stereocenters. The molecule has 1 atom stereocenters. The van der Waals surface area contributed by atoms with E-state index in [1.165, 1.54) is 76.4 Å². The molecule has 0 saturated heterocycles. The summed E-state index contributed by atoms with van der Waals surface area (Å²) >= 11 is 1.77. The fourth-order valence-electron chi connectivity index (χ4n) is 9.08. The zero-order valence-electron chi connectivity index (χ0n) is 27.4. The van der Waals surface area contributed by atoms with Crippen LogP contribution in [0.25, 0.3) is 70.8 Å². The standard InChI is InChI=1S/C46H36N2S/c1-3-12-33(13-4-1)42-44-43(37-15-6-8-19-40(37)49-44)48-45(47-42)34-26-22-31(23-27-34)30-20-24-32(25-21-30)35-16-11-18-39-41(35)36-14-5-7-17-38(36)46(39)28-9-2-10-29-46/h1,3-8,11-16,18-27,38H,2,9-10,17,28-29H2. The topological polar surface area (TPSA) is 25.8 Å². The molecular formula is C46H36N2S. The molecule has 7 aromatic rings. The number of aromatic nitrogens is 2. The maximum Gasteiger partial charge on any atom is 0.160 e. The van der Waals surface area contributed by atoms with Crippen molar-refractivity contribution in [2.75, 3.05) is 0 Å². The van der Waals surface area contributed by atoms with Gasteiger partial charge in [-0.2, -0.15) is 0 Å². The first-order chi connectivity index (χ1) is 24.3. The molecule has 1 spiro atoms. The number of benzene rings is 5. The molecule has 1 saturated carbocycles. The van der Waals surface area contributed by atoms with Crippen molar-refractivity contribution in [3.63, 3.8) is 0 Å². The number of thiophene rings is 1. The first-order valence-electron chi connectivity index (χ1n) is 17.7. The van der Waals surface area contributed by atoms with Crippen molar-refractivity contribution < 1.29 is 0 Å². The molecule has 10 rings (SSSR count). The Balaban J connectivity index is 1.00. The summed E-state index contributed by atoms with van der Waals surface area (Å²) in [6.45, 7) is 0. The fourth-order valence-corrected chi connectivity index (χ4v) is 10.2. The minimum atomic E-state index is 0.314. The van der Waals surface area contributed by atoms with Crippen molar-refractivity contribution in [2.24, 2.45) is 5.92 Å². The summed E-state index contributed by atoms with van der Waals surface area (Å²) in [6, 6.07) is 44.1. The van der Waals surface area contributed by atoms with E-state index in [4.69, 9.17) is 9.97 Å². The molecule has 3 aliphatic carbocycles. The Labute approximate surface area is 291 Å². The zero-order chi connectivity index (χ0) is 32.4. The van der Waals surface area contributed by atoms with Gasteiger partial charge in [-0.3, -0.25) is 0 Å². The lowest BCUT2D eigenvalue weighted by atomic mass is 9.63. The Morgan fingerprint density at radius 3 is 2.12 bits per heavy atom. The second kappa shape index (κ2) is 11.5. The lowest BCUT2D eigenvalue weighted by molar-refractivity contribution is 0.241. The van der Waals surface area contributed by atoms with Crippen LogP contribution in [0.4, 0.5) is 0 Å². The van der Waals surface area contributed by atoms with Gasteiger partial charge in [0, 0.05) is 26.6 Å². The van der Waals surface area contributed by atoms with Crippen molar-refractivity contribution in [3.8, 4) is 44.9 Å².